The molecule has 0 atom stereocenters. The fourth-order valence-electron chi connectivity index (χ4n) is 1.68. The summed E-state index contributed by atoms with van der Waals surface area (Å²) in [5, 5.41) is 3.27. The van der Waals surface area contributed by atoms with E-state index >= 15 is 0 Å². The molecule has 0 saturated heterocycles. The summed E-state index contributed by atoms with van der Waals surface area (Å²) in [4.78, 5) is 11.9. The van der Waals surface area contributed by atoms with Gasteiger partial charge in [0.25, 0.3) is 5.91 Å². The molecule has 0 aliphatic rings. The Morgan fingerprint density at radius 1 is 1.24 bits per heavy atom. The number of rotatable bonds is 5. The number of nitrogens with two attached hydrogens (primary N) is 1. The van der Waals surface area contributed by atoms with Crippen molar-refractivity contribution in [1.29, 1.82) is 0 Å². The highest BCUT2D eigenvalue weighted by atomic mass is 79.9. The maximum absolute atomic E-state index is 11.9. The van der Waals surface area contributed by atoms with E-state index < -0.39 is 0 Å². The Labute approximate surface area is 136 Å². The van der Waals surface area contributed by atoms with Crippen molar-refractivity contribution in [3.05, 3.63) is 57.5 Å². The minimum atomic E-state index is -0.195. The molecule has 4 nitrogen and oxygen atoms in total. The molecule has 0 spiro atoms. The Bertz CT molecular complexity index is 612. The minimum absolute atomic E-state index is 0.195. The average molecular weight is 370 g/mol. The largest absolute Gasteiger partial charge is 0.492 e. The number of anilines is 1. The van der Waals surface area contributed by atoms with E-state index in [9.17, 15) is 4.79 Å². The lowest BCUT2D eigenvalue weighted by atomic mass is 10.2. The number of carbonyl (C=O) groups excluding carboxylic acids is 1. The minimum Gasteiger partial charge on any atom is -0.492 e. The molecule has 0 saturated carbocycles. The summed E-state index contributed by atoms with van der Waals surface area (Å²) in [5.41, 5.74) is 6.77. The van der Waals surface area contributed by atoms with E-state index in [1.807, 2.05) is 0 Å². The van der Waals surface area contributed by atoms with E-state index in [1.165, 1.54) is 0 Å². The summed E-state index contributed by atoms with van der Waals surface area (Å²) in [6.45, 7) is 0.769. The van der Waals surface area contributed by atoms with Crippen LogP contribution in [0.3, 0.4) is 0 Å². The number of benzene rings is 2. The van der Waals surface area contributed by atoms with Gasteiger partial charge in [0.15, 0.2) is 0 Å². The summed E-state index contributed by atoms with van der Waals surface area (Å²) in [6, 6.07) is 12.1. The van der Waals surface area contributed by atoms with E-state index in [4.69, 9.17) is 22.1 Å². The second-order valence-corrected chi connectivity index (χ2v) is 5.68. The summed E-state index contributed by atoms with van der Waals surface area (Å²) < 4.78 is 6.25. The lowest BCUT2D eigenvalue weighted by molar-refractivity contribution is 0.0947. The zero-order valence-corrected chi connectivity index (χ0v) is 13.4. The number of hydrogen-bond acceptors (Lipinski definition) is 3. The van der Waals surface area contributed by atoms with Crippen LogP contribution in [-0.2, 0) is 0 Å². The third-order valence-corrected chi connectivity index (χ3v) is 3.34. The zero-order valence-electron chi connectivity index (χ0n) is 11.1. The molecular formula is C15H14BrClN2O2. The van der Waals surface area contributed by atoms with Gasteiger partial charge in [-0.1, -0.05) is 27.5 Å². The molecule has 0 bridgehead atoms. The van der Waals surface area contributed by atoms with Gasteiger partial charge in [-0.05, 0) is 42.5 Å². The predicted octanol–water partition coefficient (Wildman–Crippen LogP) is 3.49. The molecule has 0 aliphatic heterocycles. The number of amides is 1. The van der Waals surface area contributed by atoms with Crippen LogP contribution in [-0.4, -0.2) is 19.1 Å². The number of carbonyl (C=O) groups is 1. The summed E-state index contributed by atoms with van der Waals surface area (Å²) in [6.07, 6.45) is 0. The van der Waals surface area contributed by atoms with E-state index in [0.717, 1.165) is 4.47 Å². The fourth-order valence-corrected chi connectivity index (χ4v) is 2.54. The van der Waals surface area contributed by atoms with Crippen LogP contribution in [0.15, 0.2) is 46.9 Å². The highest BCUT2D eigenvalue weighted by Gasteiger charge is 2.07. The van der Waals surface area contributed by atoms with Gasteiger partial charge < -0.3 is 15.8 Å². The number of ether oxygens (including phenoxy) is 1. The second-order valence-electron chi connectivity index (χ2n) is 4.33. The first kappa shape index (κ1) is 15.7. The van der Waals surface area contributed by atoms with Gasteiger partial charge in [-0.15, -0.1) is 0 Å². The molecule has 6 heteroatoms. The highest BCUT2D eigenvalue weighted by Crippen LogP contribution is 2.19. The van der Waals surface area contributed by atoms with Crippen LogP contribution in [0.1, 0.15) is 10.4 Å². The monoisotopic (exact) mass is 368 g/mol. The van der Waals surface area contributed by atoms with Gasteiger partial charge in [0.2, 0.25) is 0 Å². The Kier molecular flexibility index (Phi) is 5.47. The maximum atomic E-state index is 11.9. The van der Waals surface area contributed by atoms with Gasteiger partial charge in [-0.3, -0.25) is 4.79 Å². The van der Waals surface area contributed by atoms with E-state index in [2.05, 4.69) is 21.2 Å². The van der Waals surface area contributed by atoms with Crippen molar-refractivity contribution < 1.29 is 9.53 Å². The Hall–Kier alpha value is -1.72. The first-order valence-corrected chi connectivity index (χ1v) is 7.44. The molecular weight excluding hydrogens is 356 g/mol. The Morgan fingerprint density at radius 2 is 1.95 bits per heavy atom. The first-order chi connectivity index (χ1) is 10.0. The van der Waals surface area contributed by atoms with Crippen molar-refractivity contribution >= 4 is 39.1 Å². The standard InChI is InChI=1S/C15H14BrClN2O2/c16-11-7-10(8-12(17)9-11)15(20)19-5-6-21-14-3-1-13(18)2-4-14/h1-4,7-9H,5-6,18H2,(H,19,20). The molecule has 0 radical (unpaired) electrons. The molecule has 0 aromatic heterocycles. The molecule has 0 unspecified atom stereocenters. The summed E-state index contributed by atoms with van der Waals surface area (Å²) in [7, 11) is 0. The molecule has 2 aromatic carbocycles. The van der Waals surface area contributed by atoms with Gasteiger partial charge in [0, 0.05) is 20.7 Å². The fraction of sp³-hybridized carbons (Fsp3) is 0.133. The summed E-state index contributed by atoms with van der Waals surface area (Å²) in [5.74, 6) is 0.517. The zero-order chi connectivity index (χ0) is 15.2. The normalized spacial score (nSPS) is 10.2. The molecule has 21 heavy (non-hydrogen) atoms. The molecule has 2 rings (SSSR count). The quantitative estimate of drug-likeness (QED) is 0.626. The average Bonchev–Trinajstić information content (AvgIpc) is 2.44. The number of hydrogen-bond donors (Lipinski definition) is 2. The molecule has 110 valence electrons. The van der Waals surface area contributed by atoms with Crippen molar-refractivity contribution in [2.24, 2.45) is 0 Å². The van der Waals surface area contributed by atoms with Crippen molar-refractivity contribution in [3.8, 4) is 5.75 Å². The van der Waals surface area contributed by atoms with Gasteiger partial charge >= 0.3 is 0 Å². The SMILES string of the molecule is Nc1ccc(OCCNC(=O)c2cc(Cl)cc(Br)c2)cc1. The summed E-state index contributed by atoms with van der Waals surface area (Å²) >= 11 is 9.20. The molecule has 0 aliphatic carbocycles. The number of halogens is 2. The predicted molar refractivity (Wildman–Crippen MR) is 87.8 cm³/mol. The smallest absolute Gasteiger partial charge is 0.251 e. The topological polar surface area (TPSA) is 64.3 Å². The van der Waals surface area contributed by atoms with Crippen molar-refractivity contribution in [2.45, 2.75) is 0 Å². The number of nitrogen functional groups attached to an aromatic ring is 1. The van der Waals surface area contributed by atoms with Crippen LogP contribution < -0.4 is 15.8 Å². The Balaban J connectivity index is 1.80. The van der Waals surface area contributed by atoms with E-state index in [0.29, 0.717) is 35.2 Å². The lowest BCUT2D eigenvalue weighted by Gasteiger charge is -2.08. The van der Waals surface area contributed by atoms with Gasteiger partial charge in [0.05, 0.1) is 6.54 Å². The van der Waals surface area contributed by atoms with Crippen LogP contribution >= 0.6 is 27.5 Å². The maximum Gasteiger partial charge on any atom is 0.251 e. The number of nitrogens with one attached hydrogen (secondary N) is 1. The molecule has 1 amide bonds. The van der Waals surface area contributed by atoms with Crippen LogP contribution in [0, 0.1) is 0 Å². The van der Waals surface area contributed by atoms with Crippen molar-refractivity contribution in [2.75, 3.05) is 18.9 Å². The van der Waals surface area contributed by atoms with Crippen LogP contribution in [0.25, 0.3) is 0 Å². The van der Waals surface area contributed by atoms with Crippen molar-refractivity contribution in [1.82, 2.24) is 5.32 Å². The molecule has 3 N–H and O–H groups in total. The third kappa shape index (κ3) is 4.95. The van der Waals surface area contributed by atoms with Gasteiger partial charge in [-0.2, -0.15) is 0 Å². The van der Waals surface area contributed by atoms with E-state index in [1.54, 1.807) is 42.5 Å². The van der Waals surface area contributed by atoms with E-state index in [-0.39, 0.29) is 5.91 Å². The first-order valence-electron chi connectivity index (χ1n) is 6.27. The highest BCUT2D eigenvalue weighted by molar-refractivity contribution is 9.10. The molecule has 0 heterocycles. The van der Waals surface area contributed by atoms with Crippen LogP contribution in [0.4, 0.5) is 5.69 Å². The van der Waals surface area contributed by atoms with Crippen LogP contribution in [0.5, 0.6) is 5.75 Å². The van der Waals surface area contributed by atoms with Crippen LogP contribution in [0.2, 0.25) is 5.02 Å². The second kappa shape index (κ2) is 7.33. The van der Waals surface area contributed by atoms with Gasteiger partial charge in [-0.25, -0.2) is 0 Å². The van der Waals surface area contributed by atoms with Gasteiger partial charge in [0.1, 0.15) is 12.4 Å². The van der Waals surface area contributed by atoms with Crippen molar-refractivity contribution in [3.63, 3.8) is 0 Å². The molecule has 2 aromatic rings. The Morgan fingerprint density at radius 3 is 2.62 bits per heavy atom. The molecule has 0 fully saturated rings. The third-order valence-electron chi connectivity index (χ3n) is 2.66. The lowest BCUT2D eigenvalue weighted by Crippen LogP contribution is -2.28.